The Labute approximate surface area is 317 Å². The van der Waals surface area contributed by atoms with Crippen LogP contribution in [0.25, 0.3) is 0 Å². The number of nitrogens with zero attached hydrogens (tertiary/aromatic N) is 2. The van der Waals surface area contributed by atoms with Crippen molar-refractivity contribution in [2.75, 3.05) is 34.8 Å². The first kappa shape index (κ1) is 46.3. The Bertz CT molecular complexity index is 1190. The molecule has 3 heterocycles. The summed E-state index contributed by atoms with van der Waals surface area (Å²) >= 11 is 0. The van der Waals surface area contributed by atoms with Gasteiger partial charge in [0.1, 0.15) is 30.0 Å². The van der Waals surface area contributed by atoms with Crippen LogP contribution in [-0.2, 0) is 33.2 Å². The molecule has 15 heteroatoms. The Kier molecular flexibility index (Phi) is 15.4. The lowest BCUT2D eigenvalue weighted by atomic mass is 9.77. The number of ether oxygens (including phenoxy) is 6. The Morgan fingerprint density at radius 2 is 1.57 bits per heavy atom. The predicted octanol–water partition coefficient (Wildman–Crippen LogP) is 1.91. The molecule has 0 aromatic heterocycles. The monoisotopic (exact) mass is 765 g/mol. The number of hydrogen-bond donors (Lipinski definition) is 5. The number of aliphatic hydroxyl groups is 5. The first-order valence-corrected chi connectivity index (χ1v) is 19.3. The quantitative estimate of drug-likeness (QED) is 0.143. The summed E-state index contributed by atoms with van der Waals surface area (Å²) < 4.78 is 36.5. The van der Waals surface area contributed by atoms with Crippen LogP contribution in [0.15, 0.2) is 0 Å². The molecule has 18 atom stereocenters. The number of hydroxylamine groups is 3. The zero-order valence-electron chi connectivity index (χ0n) is 34.6. The molecule has 3 aliphatic rings. The minimum absolute atomic E-state index is 0.0990. The topological polar surface area (TPSA) is 200 Å². The number of carbonyl (C=O) groups is 1. The molecule has 3 aliphatic heterocycles. The summed E-state index contributed by atoms with van der Waals surface area (Å²) in [5, 5.41) is 71.3. The Morgan fingerprint density at radius 3 is 2.11 bits per heavy atom. The van der Waals surface area contributed by atoms with Gasteiger partial charge in [0.2, 0.25) is 0 Å². The fraction of sp³-hybridized carbons (Fsp3) is 0.974. The highest BCUT2D eigenvalue weighted by atomic mass is 16.7. The molecular formula is C38H72N2O13. The van der Waals surface area contributed by atoms with Crippen molar-refractivity contribution >= 4 is 5.97 Å². The minimum atomic E-state index is -1.83. The predicted molar refractivity (Wildman–Crippen MR) is 196 cm³/mol. The van der Waals surface area contributed by atoms with Crippen molar-refractivity contribution < 1.29 is 63.4 Å². The molecule has 3 saturated heterocycles. The Balaban J connectivity index is 2.19. The second kappa shape index (κ2) is 17.6. The van der Waals surface area contributed by atoms with E-state index in [-0.39, 0.29) is 25.2 Å². The van der Waals surface area contributed by atoms with Gasteiger partial charge in [0.05, 0.1) is 55.6 Å². The van der Waals surface area contributed by atoms with E-state index < -0.39 is 113 Å². The van der Waals surface area contributed by atoms with Gasteiger partial charge >= 0.3 is 5.97 Å². The smallest absolute Gasteiger partial charge is 0.311 e. The highest BCUT2D eigenvalue weighted by Gasteiger charge is 2.53. The second-order valence-corrected chi connectivity index (χ2v) is 17.6. The molecule has 0 aromatic rings. The number of likely N-dealkylation sites (N-methyl/N-ethyl adjacent to an activating group) is 2. The lowest BCUT2D eigenvalue weighted by Gasteiger charge is -2.51. The molecule has 0 spiro atoms. The highest BCUT2D eigenvalue weighted by Crippen LogP contribution is 2.40. The van der Waals surface area contributed by atoms with E-state index in [2.05, 4.69) is 0 Å². The molecule has 5 N–H and O–H groups in total. The molecule has 3 fully saturated rings. The molecule has 0 aliphatic carbocycles. The van der Waals surface area contributed by atoms with E-state index in [0.29, 0.717) is 13.0 Å². The summed E-state index contributed by atoms with van der Waals surface area (Å²) in [6.45, 7) is 17.6. The van der Waals surface area contributed by atoms with Gasteiger partial charge < -0.3 is 68.7 Å². The molecule has 0 amide bonds. The number of esters is 1. The van der Waals surface area contributed by atoms with Crippen molar-refractivity contribution in [1.82, 2.24) is 4.90 Å². The first-order valence-electron chi connectivity index (χ1n) is 19.3. The van der Waals surface area contributed by atoms with Crippen LogP contribution in [0.3, 0.4) is 0 Å². The largest absolute Gasteiger partial charge is 0.633 e. The maximum Gasteiger partial charge on any atom is 0.311 e. The zero-order chi connectivity index (χ0) is 40.6. The van der Waals surface area contributed by atoms with E-state index in [1.165, 1.54) is 28.1 Å². The fourth-order valence-corrected chi connectivity index (χ4v) is 8.84. The summed E-state index contributed by atoms with van der Waals surface area (Å²) in [5.41, 5.74) is -4.51. The van der Waals surface area contributed by atoms with Gasteiger partial charge in [-0.15, -0.1) is 0 Å². The van der Waals surface area contributed by atoms with Crippen molar-refractivity contribution in [2.24, 2.45) is 17.8 Å². The first-order chi connectivity index (χ1) is 24.2. The lowest BCUT2D eigenvalue weighted by Crippen LogP contribution is -2.62. The van der Waals surface area contributed by atoms with Crippen LogP contribution in [-0.4, -0.2) is 166 Å². The highest BCUT2D eigenvalue weighted by molar-refractivity contribution is 5.73. The summed E-state index contributed by atoms with van der Waals surface area (Å²) in [6.07, 6.45) is -9.60. The summed E-state index contributed by atoms with van der Waals surface area (Å²) in [7, 11) is 6.21. The van der Waals surface area contributed by atoms with E-state index >= 15 is 0 Å². The van der Waals surface area contributed by atoms with E-state index in [0.717, 1.165) is 0 Å². The summed E-state index contributed by atoms with van der Waals surface area (Å²) in [4.78, 5) is 16.1. The molecule has 0 radical (unpaired) electrons. The number of carbonyl (C=O) groups excluding carboxylic acids is 1. The van der Waals surface area contributed by atoms with Crippen molar-refractivity contribution in [2.45, 2.75) is 185 Å². The van der Waals surface area contributed by atoms with Gasteiger partial charge in [-0.2, -0.15) is 0 Å². The molecule has 3 rings (SSSR count). The average Bonchev–Trinajstić information content (AvgIpc) is 3.05. The normalized spacial score (nSPS) is 49.1. The maximum atomic E-state index is 14.2. The van der Waals surface area contributed by atoms with Gasteiger partial charge in [-0.1, -0.05) is 20.8 Å². The number of cyclic esters (lactones) is 1. The van der Waals surface area contributed by atoms with Crippen molar-refractivity contribution in [3.63, 3.8) is 0 Å². The van der Waals surface area contributed by atoms with Crippen LogP contribution in [0.2, 0.25) is 0 Å². The molecule has 0 bridgehead atoms. The van der Waals surface area contributed by atoms with Crippen LogP contribution in [0, 0.1) is 23.0 Å². The lowest BCUT2D eigenvalue weighted by molar-refractivity contribution is -0.874. The van der Waals surface area contributed by atoms with Crippen LogP contribution in [0.4, 0.5) is 0 Å². The molecule has 15 nitrogen and oxygen atoms in total. The third-order valence-corrected chi connectivity index (χ3v) is 12.3. The van der Waals surface area contributed by atoms with E-state index in [9.17, 15) is 35.5 Å². The molecule has 53 heavy (non-hydrogen) atoms. The Morgan fingerprint density at radius 1 is 0.962 bits per heavy atom. The molecular weight excluding hydrogens is 692 g/mol. The van der Waals surface area contributed by atoms with Crippen LogP contribution in [0.1, 0.15) is 94.9 Å². The molecule has 0 saturated carbocycles. The summed E-state index contributed by atoms with van der Waals surface area (Å²) in [6, 6.07) is -1.34. The van der Waals surface area contributed by atoms with E-state index in [4.69, 9.17) is 28.4 Å². The number of quaternary nitrogens is 1. The zero-order valence-corrected chi connectivity index (χ0v) is 34.6. The number of rotatable bonds is 7. The van der Waals surface area contributed by atoms with Crippen LogP contribution >= 0.6 is 0 Å². The van der Waals surface area contributed by atoms with Gasteiger partial charge in [-0.25, -0.2) is 0 Å². The fourth-order valence-electron chi connectivity index (χ4n) is 8.84. The third kappa shape index (κ3) is 10.5. The molecule has 0 unspecified atom stereocenters. The van der Waals surface area contributed by atoms with Crippen LogP contribution in [0.5, 0.6) is 0 Å². The van der Waals surface area contributed by atoms with Gasteiger partial charge in [0.15, 0.2) is 18.7 Å². The van der Waals surface area contributed by atoms with E-state index in [1.807, 2.05) is 18.9 Å². The number of hydrogen-bond acceptors (Lipinski definition) is 14. The average molecular weight is 765 g/mol. The van der Waals surface area contributed by atoms with Gasteiger partial charge in [-0.05, 0) is 74.3 Å². The Hall–Kier alpha value is -1.05. The molecule has 0 aromatic carbocycles. The second-order valence-electron chi connectivity index (χ2n) is 17.6. The van der Waals surface area contributed by atoms with Crippen LogP contribution < -0.4 is 0 Å². The number of aliphatic hydroxyl groups excluding tert-OH is 3. The van der Waals surface area contributed by atoms with Gasteiger partial charge in [0.25, 0.3) is 0 Å². The van der Waals surface area contributed by atoms with Crippen molar-refractivity contribution in [1.29, 1.82) is 0 Å². The summed E-state index contributed by atoms with van der Waals surface area (Å²) in [5.74, 6) is -2.80. The van der Waals surface area contributed by atoms with Crippen molar-refractivity contribution in [3.8, 4) is 0 Å². The van der Waals surface area contributed by atoms with Gasteiger partial charge in [0, 0.05) is 38.5 Å². The maximum absolute atomic E-state index is 14.2. The SMILES string of the molecule is CC[C@H]1OC(=O)[C@H](C)[C@@H](O[C@H]2C[C@@](C)(OC)[C@@H](O)[C@H](C)O2)[C@H](C)[C@@H](O[C@@H]2O[C@H](C)C[C@H]([N+](C)(C)[O-])[C@H]2O)[C@](C)(O)C[C@@H](C)CN(C)[C@H](C)[C@@H](O)[C@]1(C)O. The van der Waals surface area contributed by atoms with Crippen molar-refractivity contribution in [3.05, 3.63) is 5.21 Å². The molecule has 312 valence electrons. The third-order valence-electron chi connectivity index (χ3n) is 12.3. The minimum Gasteiger partial charge on any atom is -0.633 e. The standard InChI is InChI=1S/C38H72N2O13/c1-15-27-38(10,46)31(42)24(6)39(11)19-20(2)17-36(8,45)33(53-35-29(41)26(40(12,13)47)16-21(3)49-35)22(4)30(23(5)34(44)51-27)52-28-18-37(9,48-14)32(43)25(7)50-28/h20-33,35,41-43,45-46H,15-19H2,1-14H3/t20-,21-,22+,23-,24-,25+,26+,27-,28+,29-,30+,31-,32+,33-,35+,36-,37-,38-/m1/s1. The van der Waals surface area contributed by atoms with Gasteiger partial charge in [-0.3, -0.25) is 4.79 Å². The number of methoxy groups -OCH3 is 1. The van der Waals surface area contributed by atoms with E-state index in [1.54, 1.807) is 55.4 Å².